The van der Waals surface area contributed by atoms with Gasteiger partial charge in [-0.1, -0.05) is 29.8 Å². The molecular formula is C16H18ClNO4S3. The highest BCUT2D eigenvalue weighted by molar-refractivity contribution is 7.92. The van der Waals surface area contributed by atoms with Crippen LogP contribution in [0.3, 0.4) is 0 Å². The lowest BCUT2D eigenvalue weighted by Crippen LogP contribution is -2.34. The predicted octanol–water partition coefficient (Wildman–Crippen LogP) is 3.09. The van der Waals surface area contributed by atoms with Crippen molar-refractivity contribution in [3.8, 4) is 0 Å². The van der Waals surface area contributed by atoms with Crippen molar-refractivity contribution in [1.29, 1.82) is 0 Å². The quantitative estimate of drug-likeness (QED) is 0.763. The lowest BCUT2D eigenvalue weighted by atomic mass is 10.2. The first-order valence-electron chi connectivity index (χ1n) is 7.75. The standard InChI is InChI=1S/C16H18ClNO4S3/c17-14-4-1-3-13(11-14)12-25(21,22)18-7-6-16(15-5-2-9-23-15)24(19,20)10-8-18/h1-5,9,11,16H,6-8,10,12H2. The first-order valence-corrected chi connectivity index (χ1v) is 12.3. The summed E-state index contributed by atoms with van der Waals surface area (Å²) >= 11 is 7.30. The molecule has 1 fully saturated rings. The highest BCUT2D eigenvalue weighted by Gasteiger charge is 2.35. The number of rotatable bonds is 4. The van der Waals surface area contributed by atoms with Gasteiger partial charge in [-0.25, -0.2) is 21.1 Å². The fraction of sp³-hybridized carbons (Fsp3) is 0.375. The zero-order valence-corrected chi connectivity index (χ0v) is 16.5. The van der Waals surface area contributed by atoms with Crippen LogP contribution in [0.5, 0.6) is 0 Å². The third-order valence-corrected chi connectivity index (χ3v) is 9.52. The molecule has 1 aromatic carbocycles. The number of thiophene rings is 1. The Balaban J connectivity index is 1.80. The minimum atomic E-state index is -3.61. The van der Waals surface area contributed by atoms with E-state index in [2.05, 4.69) is 0 Å². The van der Waals surface area contributed by atoms with Crippen LogP contribution < -0.4 is 0 Å². The molecule has 9 heteroatoms. The van der Waals surface area contributed by atoms with E-state index in [1.165, 1.54) is 15.6 Å². The summed E-state index contributed by atoms with van der Waals surface area (Å²) in [5.41, 5.74) is 0.592. The molecule has 5 nitrogen and oxygen atoms in total. The van der Waals surface area contributed by atoms with E-state index in [1.54, 1.807) is 30.3 Å². The summed E-state index contributed by atoms with van der Waals surface area (Å²) in [6.07, 6.45) is 0.275. The van der Waals surface area contributed by atoms with Crippen molar-refractivity contribution < 1.29 is 16.8 Å². The first kappa shape index (κ1) is 18.8. The molecule has 25 heavy (non-hydrogen) atoms. The number of sulfonamides is 1. The number of halogens is 1. The average molecular weight is 420 g/mol. The Kier molecular flexibility index (Phi) is 5.55. The van der Waals surface area contributed by atoms with Crippen molar-refractivity contribution in [2.45, 2.75) is 17.4 Å². The summed E-state index contributed by atoms with van der Waals surface area (Å²) in [5, 5.41) is 1.69. The van der Waals surface area contributed by atoms with Crippen molar-refractivity contribution in [3.05, 3.63) is 57.2 Å². The molecule has 2 heterocycles. The zero-order valence-electron chi connectivity index (χ0n) is 13.3. The molecule has 1 unspecified atom stereocenters. The Morgan fingerprint density at radius 3 is 2.68 bits per heavy atom. The van der Waals surface area contributed by atoms with Crippen molar-refractivity contribution in [2.24, 2.45) is 0 Å². The van der Waals surface area contributed by atoms with Crippen LogP contribution in [0, 0.1) is 0 Å². The van der Waals surface area contributed by atoms with Crippen LogP contribution in [-0.2, 0) is 25.6 Å². The van der Waals surface area contributed by atoms with Gasteiger partial charge in [-0.3, -0.25) is 0 Å². The number of sulfone groups is 1. The van der Waals surface area contributed by atoms with Gasteiger partial charge in [-0.2, -0.15) is 0 Å². The maximum atomic E-state index is 12.7. The van der Waals surface area contributed by atoms with Gasteiger partial charge < -0.3 is 0 Å². The molecule has 136 valence electrons. The van der Waals surface area contributed by atoms with Crippen LogP contribution in [0.1, 0.15) is 22.1 Å². The Morgan fingerprint density at radius 2 is 2.00 bits per heavy atom. The molecule has 0 radical (unpaired) electrons. The number of hydrogen-bond donors (Lipinski definition) is 0. The fourth-order valence-corrected chi connectivity index (χ4v) is 7.79. The highest BCUT2D eigenvalue weighted by Crippen LogP contribution is 2.33. The summed E-state index contributed by atoms with van der Waals surface area (Å²) in [6, 6.07) is 10.3. The molecule has 1 aliphatic heterocycles. The number of hydrogen-bond acceptors (Lipinski definition) is 5. The molecule has 2 aromatic rings. The van der Waals surface area contributed by atoms with Gasteiger partial charge in [0.05, 0.1) is 16.8 Å². The molecule has 0 amide bonds. The van der Waals surface area contributed by atoms with Gasteiger partial charge in [0.15, 0.2) is 9.84 Å². The van der Waals surface area contributed by atoms with Gasteiger partial charge in [0.1, 0.15) is 0 Å². The van der Waals surface area contributed by atoms with E-state index >= 15 is 0 Å². The maximum Gasteiger partial charge on any atom is 0.218 e. The molecular weight excluding hydrogens is 402 g/mol. The maximum absolute atomic E-state index is 12.7. The van der Waals surface area contributed by atoms with Crippen LogP contribution in [0.4, 0.5) is 0 Å². The summed E-state index contributed by atoms with van der Waals surface area (Å²) in [4.78, 5) is 0.772. The highest BCUT2D eigenvalue weighted by atomic mass is 35.5. The second-order valence-electron chi connectivity index (χ2n) is 5.94. The fourth-order valence-electron chi connectivity index (χ4n) is 2.92. The van der Waals surface area contributed by atoms with Gasteiger partial charge in [0.25, 0.3) is 0 Å². The Bertz CT molecular complexity index is 940. The van der Waals surface area contributed by atoms with Gasteiger partial charge >= 0.3 is 0 Å². The largest absolute Gasteiger partial charge is 0.228 e. The lowest BCUT2D eigenvalue weighted by Gasteiger charge is -2.19. The van der Waals surface area contributed by atoms with E-state index in [0.717, 1.165) is 4.88 Å². The monoisotopic (exact) mass is 419 g/mol. The molecule has 1 aliphatic rings. The van der Waals surface area contributed by atoms with Crippen molar-refractivity contribution >= 4 is 42.8 Å². The van der Waals surface area contributed by atoms with Crippen LogP contribution >= 0.6 is 22.9 Å². The van der Waals surface area contributed by atoms with Crippen molar-refractivity contribution in [1.82, 2.24) is 4.31 Å². The zero-order chi connectivity index (χ0) is 18.1. The van der Waals surface area contributed by atoms with E-state index in [-0.39, 0.29) is 31.0 Å². The number of benzene rings is 1. The van der Waals surface area contributed by atoms with E-state index in [1.807, 2.05) is 11.4 Å². The Labute approximate surface area is 157 Å². The van der Waals surface area contributed by atoms with Crippen LogP contribution in [0.15, 0.2) is 41.8 Å². The van der Waals surface area contributed by atoms with E-state index in [4.69, 9.17) is 11.6 Å². The van der Waals surface area contributed by atoms with E-state index in [0.29, 0.717) is 10.6 Å². The van der Waals surface area contributed by atoms with E-state index in [9.17, 15) is 16.8 Å². The minimum Gasteiger partial charge on any atom is -0.228 e. The molecule has 0 spiro atoms. The molecule has 1 saturated heterocycles. The van der Waals surface area contributed by atoms with Gasteiger partial charge in [-0.15, -0.1) is 11.3 Å². The van der Waals surface area contributed by atoms with Gasteiger partial charge in [0.2, 0.25) is 10.0 Å². The predicted molar refractivity (Wildman–Crippen MR) is 101 cm³/mol. The molecule has 1 aromatic heterocycles. The summed E-state index contributed by atoms with van der Waals surface area (Å²) in [7, 11) is -6.98. The molecule has 1 atom stereocenters. The number of nitrogens with zero attached hydrogens (tertiary/aromatic N) is 1. The Morgan fingerprint density at radius 1 is 1.20 bits per heavy atom. The van der Waals surface area contributed by atoms with Crippen LogP contribution in [0.2, 0.25) is 5.02 Å². The summed E-state index contributed by atoms with van der Waals surface area (Å²) in [5.74, 6) is -0.346. The lowest BCUT2D eigenvalue weighted by molar-refractivity contribution is 0.428. The SMILES string of the molecule is O=S1(=O)CCN(S(=O)(=O)Cc2cccc(Cl)c2)CCC1c1cccs1. The topological polar surface area (TPSA) is 71.5 Å². The summed E-state index contributed by atoms with van der Waals surface area (Å²) < 4.78 is 51.8. The van der Waals surface area contributed by atoms with Crippen LogP contribution in [0.25, 0.3) is 0 Å². The summed E-state index contributed by atoms with van der Waals surface area (Å²) in [6.45, 7) is 0.192. The molecule has 3 rings (SSSR count). The molecule has 0 aliphatic carbocycles. The normalized spacial score (nSPS) is 21.7. The second kappa shape index (κ2) is 7.36. The van der Waals surface area contributed by atoms with Crippen molar-refractivity contribution in [3.63, 3.8) is 0 Å². The molecule has 0 N–H and O–H groups in total. The Hall–Kier alpha value is -0.930. The van der Waals surface area contributed by atoms with Crippen molar-refractivity contribution in [2.75, 3.05) is 18.8 Å². The molecule has 0 saturated carbocycles. The van der Waals surface area contributed by atoms with Crippen LogP contribution in [-0.4, -0.2) is 40.0 Å². The first-order chi connectivity index (χ1) is 11.8. The third-order valence-electron chi connectivity index (χ3n) is 4.19. The smallest absolute Gasteiger partial charge is 0.218 e. The van der Waals surface area contributed by atoms with E-state index < -0.39 is 25.1 Å². The second-order valence-corrected chi connectivity index (χ2v) is 11.6. The minimum absolute atomic E-state index is 0.00684. The average Bonchev–Trinajstić information content (AvgIpc) is 2.98. The van der Waals surface area contributed by atoms with Gasteiger partial charge in [0, 0.05) is 23.0 Å². The van der Waals surface area contributed by atoms with Gasteiger partial charge in [-0.05, 0) is 35.6 Å². The third kappa shape index (κ3) is 4.43. The molecule has 0 bridgehead atoms.